The fourth-order valence-corrected chi connectivity index (χ4v) is 6.96. The fourth-order valence-electron chi connectivity index (χ4n) is 5.51. The van der Waals surface area contributed by atoms with E-state index in [-0.39, 0.29) is 15.7 Å². The van der Waals surface area contributed by atoms with Gasteiger partial charge in [-0.2, -0.15) is 0 Å². The summed E-state index contributed by atoms with van der Waals surface area (Å²) in [6, 6.07) is 5.40. The molecule has 4 fully saturated rings. The highest BCUT2D eigenvalue weighted by atomic mass is 79.9. The Morgan fingerprint density at radius 2 is 1.67 bits per heavy atom. The van der Waals surface area contributed by atoms with Crippen molar-refractivity contribution in [3.8, 4) is 17.2 Å². The molecule has 5 heteroatoms. The van der Waals surface area contributed by atoms with Gasteiger partial charge in [-0.15, -0.1) is 0 Å². The smallest absolute Gasteiger partial charge is 0.317 e. The maximum absolute atomic E-state index is 13.2. The number of benzene rings is 1. The van der Waals surface area contributed by atoms with E-state index < -0.39 is 0 Å². The highest BCUT2D eigenvalue weighted by molar-refractivity contribution is 9.10. The van der Waals surface area contributed by atoms with Crippen LogP contribution in [-0.2, 0) is 4.79 Å². The normalized spacial score (nSPS) is 36.5. The van der Waals surface area contributed by atoms with E-state index in [0.717, 1.165) is 19.3 Å². The molecular weight excluding hydrogens is 372 g/mol. The second-order valence-corrected chi connectivity index (χ2v) is 9.46. The second kappa shape index (κ2) is 5.65. The zero-order chi connectivity index (χ0) is 16.9. The predicted octanol–water partition coefficient (Wildman–Crippen LogP) is 4.34. The lowest BCUT2D eigenvalue weighted by atomic mass is 9.49. The average molecular weight is 395 g/mol. The SMILES string of the molecule is COc1cccc(OC)c1OC(=O)C12C[C@@H]3C[C@@H](CC(Br)(C3)C1)C2. The summed E-state index contributed by atoms with van der Waals surface area (Å²) in [5.74, 6) is 2.60. The van der Waals surface area contributed by atoms with E-state index in [2.05, 4.69) is 15.9 Å². The zero-order valence-corrected chi connectivity index (χ0v) is 15.7. The monoisotopic (exact) mass is 394 g/mol. The van der Waals surface area contributed by atoms with Crippen LogP contribution in [0.5, 0.6) is 17.2 Å². The van der Waals surface area contributed by atoms with Crippen LogP contribution in [0.1, 0.15) is 38.5 Å². The average Bonchev–Trinajstić information content (AvgIpc) is 2.52. The fraction of sp³-hybridized carbons (Fsp3) is 0.632. The number of carbonyl (C=O) groups excluding carboxylic acids is 1. The molecule has 5 rings (SSSR count). The Labute approximate surface area is 151 Å². The van der Waals surface area contributed by atoms with Gasteiger partial charge in [0.25, 0.3) is 0 Å². The van der Waals surface area contributed by atoms with Gasteiger partial charge in [-0.3, -0.25) is 4.79 Å². The molecule has 0 amide bonds. The minimum atomic E-state index is -0.362. The van der Waals surface area contributed by atoms with Crippen molar-refractivity contribution in [1.82, 2.24) is 0 Å². The van der Waals surface area contributed by atoms with Gasteiger partial charge in [0, 0.05) is 4.32 Å². The standard InChI is InChI=1S/C19H23BrO4/c1-22-14-4-3-5-15(23-2)16(14)24-17(21)18-7-12-6-13(8-18)10-19(20,9-12)11-18/h3-5,12-13H,6-11H2,1-2H3/t12-,13+,18?,19?. The number of para-hydroxylation sites is 1. The molecule has 0 saturated heterocycles. The van der Waals surface area contributed by atoms with Crippen LogP contribution >= 0.6 is 15.9 Å². The van der Waals surface area contributed by atoms with E-state index in [1.54, 1.807) is 26.4 Å². The highest BCUT2D eigenvalue weighted by Gasteiger charge is 2.60. The quantitative estimate of drug-likeness (QED) is 0.432. The van der Waals surface area contributed by atoms with Crippen molar-refractivity contribution in [1.29, 1.82) is 0 Å². The van der Waals surface area contributed by atoms with Crippen molar-refractivity contribution in [2.75, 3.05) is 14.2 Å². The van der Waals surface area contributed by atoms with Crippen LogP contribution < -0.4 is 14.2 Å². The van der Waals surface area contributed by atoms with E-state index in [1.807, 2.05) is 6.07 Å². The Hall–Kier alpha value is -1.23. The van der Waals surface area contributed by atoms with Crippen LogP contribution in [0.15, 0.2) is 18.2 Å². The molecule has 0 aliphatic heterocycles. The number of methoxy groups -OCH3 is 2. The number of rotatable bonds is 4. The first kappa shape index (κ1) is 16.2. The Bertz CT molecular complexity index is 635. The molecule has 0 heterocycles. The first-order valence-electron chi connectivity index (χ1n) is 8.59. The summed E-state index contributed by atoms with van der Waals surface area (Å²) < 4.78 is 16.7. The third-order valence-corrected chi connectivity index (χ3v) is 6.93. The van der Waals surface area contributed by atoms with Gasteiger partial charge in [-0.1, -0.05) is 22.0 Å². The van der Waals surface area contributed by atoms with Crippen molar-refractivity contribution in [2.45, 2.75) is 42.8 Å². The molecule has 4 nitrogen and oxygen atoms in total. The lowest BCUT2D eigenvalue weighted by Crippen LogP contribution is -2.56. The molecule has 0 radical (unpaired) electrons. The maximum Gasteiger partial charge on any atom is 0.317 e. The lowest BCUT2D eigenvalue weighted by Gasteiger charge is -2.58. The molecule has 1 aromatic rings. The lowest BCUT2D eigenvalue weighted by molar-refractivity contribution is -0.159. The summed E-state index contributed by atoms with van der Waals surface area (Å²) in [7, 11) is 3.15. The van der Waals surface area contributed by atoms with E-state index in [0.29, 0.717) is 29.1 Å². The molecule has 0 aromatic heterocycles. The molecule has 0 spiro atoms. The van der Waals surface area contributed by atoms with Gasteiger partial charge in [0.2, 0.25) is 5.75 Å². The van der Waals surface area contributed by atoms with E-state index in [9.17, 15) is 4.79 Å². The molecule has 4 aliphatic rings. The number of hydrogen-bond acceptors (Lipinski definition) is 4. The van der Waals surface area contributed by atoms with Crippen LogP contribution in [0.2, 0.25) is 0 Å². The molecule has 4 atom stereocenters. The third kappa shape index (κ3) is 2.52. The summed E-state index contributed by atoms with van der Waals surface area (Å²) in [5.41, 5.74) is -0.362. The van der Waals surface area contributed by atoms with E-state index >= 15 is 0 Å². The maximum atomic E-state index is 13.2. The minimum absolute atomic E-state index is 0.122. The number of esters is 1. The molecule has 4 aliphatic carbocycles. The van der Waals surface area contributed by atoms with Crippen molar-refractivity contribution in [3.63, 3.8) is 0 Å². The largest absolute Gasteiger partial charge is 0.493 e. The summed E-state index contributed by atoms with van der Waals surface area (Å²) >= 11 is 3.95. The van der Waals surface area contributed by atoms with Crippen LogP contribution in [0, 0.1) is 17.3 Å². The minimum Gasteiger partial charge on any atom is -0.493 e. The van der Waals surface area contributed by atoms with Crippen molar-refractivity contribution < 1.29 is 19.0 Å². The number of halogens is 1. The van der Waals surface area contributed by atoms with Crippen molar-refractivity contribution in [3.05, 3.63) is 18.2 Å². The predicted molar refractivity (Wildman–Crippen MR) is 94.0 cm³/mol. The topological polar surface area (TPSA) is 44.8 Å². The van der Waals surface area contributed by atoms with Crippen molar-refractivity contribution >= 4 is 21.9 Å². The zero-order valence-electron chi connectivity index (χ0n) is 14.1. The first-order valence-corrected chi connectivity index (χ1v) is 9.38. The Balaban J connectivity index is 1.64. The second-order valence-electron chi connectivity index (χ2n) is 7.77. The van der Waals surface area contributed by atoms with Crippen molar-refractivity contribution in [2.24, 2.45) is 17.3 Å². The van der Waals surface area contributed by atoms with Crippen LogP contribution in [-0.4, -0.2) is 24.5 Å². The molecule has 4 bridgehead atoms. The van der Waals surface area contributed by atoms with Gasteiger partial charge in [0.05, 0.1) is 19.6 Å². The summed E-state index contributed by atoms with van der Waals surface area (Å²) in [4.78, 5) is 13.2. The molecule has 0 N–H and O–H groups in total. The van der Waals surface area contributed by atoms with Crippen LogP contribution in [0.3, 0.4) is 0 Å². The summed E-state index contributed by atoms with van der Waals surface area (Å²) in [6.07, 6.45) is 6.43. The van der Waals surface area contributed by atoms with Gasteiger partial charge in [-0.25, -0.2) is 0 Å². The molecule has 1 aromatic carbocycles. The molecule has 4 saturated carbocycles. The first-order chi connectivity index (χ1) is 11.5. The molecule has 24 heavy (non-hydrogen) atoms. The number of carbonyl (C=O) groups is 1. The summed E-state index contributed by atoms with van der Waals surface area (Å²) in [6.45, 7) is 0. The van der Waals surface area contributed by atoms with E-state index in [4.69, 9.17) is 14.2 Å². The molecular formula is C19H23BrO4. The van der Waals surface area contributed by atoms with Crippen LogP contribution in [0.25, 0.3) is 0 Å². The van der Waals surface area contributed by atoms with Gasteiger partial charge in [0.1, 0.15) is 0 Å². The Kier molecular flexibility index (Phi) is 3.83. The van der Waals surface area contributed by atoms with Gasteiger partial charge in [-0.05, 0) is 62.5 Å². The van der Waals surface area contributed by atoms with Crippen LogP contribution in [0.4, 0.5) is 0 Å². The Morgan fingerprint density at radius 3 is 2.17 bits per heavy atom. The van der Waals surface area contributed by atoms with Gasteiger partial charge < -0.3 is 14.2 Å². The summed E-state index contributed by atoms with van der Waals surface area (Å²) in [5, 5.41) is 0. The third-order valence-electron chi connectivity index (χ3n) is 6.00. The Morgan fingerprint density at radius 1 is 1.08 bits per heavy atom. The number of alkyl halides is 1. The molecule has 2 unspecified atom stereocenters. The number of hydrogen-bond donors (Lipinski definition) is 0. The van der Waals surface area contributed by atoms with Gasteiger partial charge >= 0.3 is 5.97 Å². The highest BCUT2D eigenvalue weighted by Crippen LogP contribution is 2.64. The van der Waals surface area contributed by atoms with Gasteiger partial charge in [0.15, 0.2) is 11.5 Å². The number of ether oxygens (including phenoxy) is 3. The molecule has 130 valence electrons. The van der Waals surface area contributed by atoms with E-state index in [1.165, 1.54) is 19.3 Å².